The number of anilines is 4. The van der Waals surface area contributed by atoms with Crippen LogP contribution >= 0.6 is 0 Å². The fourth-order valence-electron chi connectivity index (χ4n) is 1.63. The Bertz CT molecular complexity index is 498. The maximum atomic E-state index is 6.00. The molecular weight excluding hydrogens is 214 g/mol. The first-order valence-electron chi connectivity index (χ1n) is 5.31. The number of rotatable bonds is 3. The van der Waals surface area contributed by atoms with Crippen molar-refractivity contribution in [3.8, 4) is 0 Å². The normalized spacial score (nSPS) is 10.0. The maximum Gasteiger partial charge on any atom is 0.161 e. The molecule has 5 heteroatoms. The van der Waals surface area contributed by atoms with Gasteiger partial charge in [-0.3, -0.25) is 0 Å². The third kappa shape index (κ3) is 2.13. The van der Waals surface area contributed by atoms with Gasteiger partial charge in [-0.1, -0.05) is 18.2 Å². The number of para-hydroxylation sites is 1. The maximum absolute atomic E-state index is 6.00. The van der Waals surface area contributed by atoms with Gasteiger partial charge in [-0.15, -0.1) is 0 Å². The summed E-state index contributed by atoms with van der Waals surface area (Å²) in [6.45, 7) is 0. The number of benzene rings is 1. The van der Waals surface area contributed by atoms with Crippen molar-refractivity contribution in [3.63, 3.8) is 0 Å². The molecule has 0 fully saturated rings. The van der Waals surface area contributed by atoms with Crippen molar-refractivity contribution >= 4 is 23.0 Å². The molecule has 5 nitrogen and oxygen atoms in total. The lowest BCUT2D eigenvalue weighted by Gasteiger charge is -2.20. The van der Waals surface area contributed by atoms with Crippen molar-refractivity contribution in [2.24, 2.45) is 0 Å². The number of aromatic nitrogens is 2. The first-order valence-corrected chi connectivity index (χ1v) is 5.31. The minimum Gasteiger partial charge on any atom is -0.393 e. The van der Waals surface area contributed by atoms with E-state index in [-0.39, 0.29) is 0 Å². The number of nitrogens with two attached hydrogens (primary N) is 1. The molecule has 0 saturated carbocycles. The second-order valence-corrected chi connectivity index (χ2v) is 3.60. The highest BCUT2D eigenvalue weighted by molar-refractivity contribution is 5.78. The summed E-state index contributed by atoms with van der Waals surface area (Å²) in [5.74, 6) is 1.33. The smallest absolute Gasteiger partial charge is 0.161 e. The van der Waals surface area contributed by atoms with Gasteiger partial charge in [0, 0.05) is 19.8 Å². The van der Waals surface area contributed by atoms with Crippen LogP contribution in [0.1, 0.15) is 0 Å². The summed E-state index contributed by atoms with van der Waals surface area (Å²) >= 11 is 0. The Hall–Kier alpha value is -2.30. The van der Waals surface area contributed by atoms with Crippen molar-refractivity contribution < 1.29 is 0 Å². The number of nitrogens with zero attached hydrogens (tertiary/aromatic N) is 3. The Balaban J connectivity index is 2.41. The lowest BCUT2D eigenvalue weighted by atomic mass is 10.3. The van der Waals surface area contributed by atoms with E-state index in [2.05, 4.69) is 15.3 Å². The molecule has 1 aromatic carbocycles. The average Bonchev–Trinajstić information content (AvgIpc) is 2.39. The number of hydrogen-bond donors (Lipinski definition) is 2. The lowest BCUT2D eigenvalue weighted by Crippen LogP contribution is -2.14. The molecule has 0 aliphatic heterocycles. The molecule has 2 rings (SSSR count). The molecule has 3 N–H and O–H groups in total. The molecule has 0 amide bonds. The second kappa shape index (κ2) is 4.69. The van der Waals surface area contributed by atoms with Crippen LogP contribution in [0.2, 0.25) is 0 Å². The Kier molecular flexibility index (Phi) is 3.09. The quantitative estimate of drug-likeness (QED) is 0.841. The first kappa shape index (κ1) is 11.2. The summed E-state index contributed by atoms with van der Waals surface area (Å²) in [5, 5.41) is 2.94. The van der Waals surface area contributed by atoms with Gasteiger partial charge in [-0.2, -0.15) is 0 Å². The topological polar surface area (TPSA) is 67.1 Å². The Labute approximate surface area is 100 Å². The molecule has 2 aromatic rings. The molecule has 1 aromatic heterocycles. The van der Waals surface area contributed by atoms with E-state index >= 15 is 0 Å². The van der Waals surface area contributed by atoms with Gasteiger partial charge >= 0.3 is 0 Å². The van der Waals surface area contributed by atoms with Crippen LogP contribution in [0, 0.1) is 0 Å². The number of hydrogen-bond acceptors (Lipinski definition) is 5. The van der Waals surface area contributed by atoms with E-state index in [1.165, 1.54) is 6.33 Å². The summed E-state index contributed by atoms with van der Waals surface area (Å²) < 4.78 is 0. The Morgan fingerprint density at radius 1 is 1.18 bits per heavy atom. The highest BCUT2D eigenvalue weighted by Crippen LogP contribution is 2.29. The largest absolute Gasteiger partial charge is 0.393 e. The minimum absolute atomic E-state index is 0.543. The second-order valence-electron chi connectivity index (χ2n) is 3.60. The zero-order valence-corrected chi connectivity index (χ0v) is 9.88. The van der Waals surface area contributed by atoms with Crippen LogP contribution in [0.15, 0.2) is 36.7 Å². The first-order chi connectivity index (χ1) is 8.24. The van der Waals surface area contributed by atoms with Gasteiger partial charge in [0.25, 0.3) is 0 Å². The average molecular weight is 229 g/mol. The summed E-state index contributed by atoms with van der Waals surface area (Å²) in [4.78, 5) is 10.2. The fourth-order valence-corrected chi connectivity index (χ4v) is 1.63. The number of nitrogen functional groups attached to an aromatic ring is 1. The molecule has 0 saturated heterocycles. The van der Waals surface area contributed by atoms with E-state index in [1.54, 1.807) is 7.05 Å². The summed E-state index contributed by atoms with van der Waals surface area (Å²) in [6, 6.07) is 9.92. The van der Waals surface area contributed by atoms with Gasteiger partial charge in [0.2, 0.25) is 0 Å². The lowest BCUT2D eigenvalue weighted by molar-refractivity contribution is 1.08. The van der Waals surface area contributed by atoms with Crippen molar-refractivity contribution in [1.82, 2.24) is 9.97 Å². The monoisotopic (exact) mass is 229 g/mol. The van der Waals surface area contributed by atoms with Gasteiger partial charge < -0.3 is 16.0 Å². The van der Waals surface area contributed by atoms with Crippen LogP contribution in [-0.2, 0) is 0 Å². The fraction of sp³-hybridized carbons (Fsp3) is 0.167. The molecule has 0 radical (unpaired) electrons. The zero-order chi connectivity index (χ0) is 12.3. The SMILES string of the molecule is CNc1ncnc(N(C)c2ccccc2)c1N. The van der Waals surface area contributed by atoms with E-state index in [0.29, 0.717) is 17.3 Å². The van der Waals surface area contributed by atoms with Crippen molar-refractivity contribution in [1.29, 1.82) is 0 Å². The van der Waals surface area contributed by atoms with E-state index in [0.717, 1.165) is 5.69 Å². The van der Waals surface area contributed by atoms with Crippen LogP contribution in [0.25, 0.3) is 0 Å². The highest BCUT2D eigenvalue weighted by Gasteiger charge is 2.12. The van der Waals surface area contributed by atoms with Crippen LogP contribution < -0.4 is 16.0 Å². The van der Waals surface area contributed by atoms with Crippen LogP contribution in [-0.4, -0.2) is 24.1 Å². The number of nitrogens with one attached hydrogen (secondary N) is 1. The van der Waals surface area contributed by atoms with Crippen molar-refractivity contribution in [2.45, 2.75) is 0 Å². The molecule has 0 atom stereocenters. The van der Waals surface area contributed by atoms with Gasteiger partial charge in [-0.05, 0) is 12.1 Å². The Morgan fingerprint density at radius 2 is 1.88 bits per heavy atom. The predicted octanol–water partition coefficient (Wildman–Crippen LogP) is 1.87. The van der Waals surface area contributed by atoms with Gasteiger partial charge in [0.1, 0.15) is 12.0 Å². The molecule has 17 heavy (non-hydrogen) atoms. The molecule has 0 unspecified atom stereocenters. The standard InChI is InChI=1S/C12H15N5/c1-14-11-10(13)12(16-8-15-11)17(2)9-6-4-3-5-7-9/h3-8H,13H2,1-2H3,(H,14,15,16). The van der Waals surface area contributed by atoms with Crippen LogP contribution in [0.4, 0.5) is 23.0 Å². The van der Waals surface area contributed by atoms with Gasteiger partial charge in [0.05, 0.1) is 0 Å². The summed E-state index contributed by atoms with van der Waals surface area (Å²) in [7, 11) is 3.71. The zero-order valence-electron chi connectivity index (χ0n) is 9.88. The van der Waals surface area contributed by atoms with Crippen molar-refractivity contribution in [3.05, 3.63) is 36.7 Å². The Morgan fingerprint density at radius 3 is 2.53 bits per heavy atom. The van der Waals surface area contributed by atoms with Gasteiger partial charge in [-0.25, -0.2) is 9.97 Å². The molecule has 0 aliphatic rings. The predicted molar refractivity (Wildman–Crippen MR) is 70.5 cm³/mol. The molecule has 0 aliphatic carbocycles. The summed E-state index contributed by atoms with van der Waals surface area (Å²) in [6.07, 6.45) is 1.50. The van der Waals surface area contributed by atoms with E-state index < -0.39 is 0 Å². The minimum atomic E-state index is 0.543. The van der Waals surface area contributed by atoms with Crippen LogP contribution in [0.5, 0.6) is 0 Å². The summed E-state index contributed by atoms with van der Waals surface area (Å²) in [5.41, 5.74) is 7.57. The third-order valence-electron chi connectivity index (χ3n) is 2.56. The highest BCUT2D eigenvalue weighted by atomic mass is 15.2. The third-order valence-corrected chi connectivity index (χ3v) is 2.56. The molecule has 88 valence electrons. The van der Waals surface area contributed by atoms with E-state index in [1.807, 2.05) is 42.3 Å². The molecule has 1 heterocycles. The molecular formula is C12H15N5. The molecule has 0 spiro atoms. The van der Waals surface area contributed by atoms with Crippen molar-refractivity contribution in [2.75, 3.05) is 30.0 Å². The molecule has 0 bridgehead atoms. The van der Waals surface area contributed by atoms with E-state index in [9.17, 15) is 0 Å². The van der Waals surface area contributed by atoms with Gasteiger partial charge in [0.15, 0.2) is 11.6 Å². The van der Waals surface area contributed by atoms with E-state index in [4.69, 9.17) is 5.73 Å². The van der Waals surface area contributed by atoms with Crippen LogP contribution in [0.3, 0.4) is 0 Å².